The number of nitrogens with one attached hydrogen (secondary N) is 1. The smallest absolute Gasteiger partial charge is 0.387 e. The standard InChI is InChI=1S/C17H19F2NO3S/c1-11-8-9-12(2)14(10-11)13(3)20-24(21,22)16-7-5-4-6-15(16)23-17(18)19/h4-10,13,17,20H,1-3H3. The fourth-order valence-electron chi connectivity index (χ4n) is 2.45. The molecule has 2 aromatic rings. The first-order valence-electron chi connectivity index (χ1n) is 7.34. The largest absolute Gasteiger partial charge is 0.433 e. The Morgan fingerprint density at radius 2 is 1.75 bits per heavy atom. The van der Waals surface area contributed by atoms with E-state index < -0.39 is 22.7 Å². The zero-order valence-corrected chi connectivity index (χ0v) is 14.4. The van der Waals surface area contributed by atoms with Crippen LogP contribution in [0.2, 0.25) is 0 Å². The maximum absolute atomic E-state index is 12.6. The Balaban J connectivity index is 2.33. The fraction of sp³-hybridized carbons (Fsp3) is 0.294. The van der Waals surface area contributed by atoms with Gasteiger partial charge in [0.1, 0.15) is 10.6 Å². The molecule has 4 nitrogen and oxygen atoms in total. The van der Waals surface area contributed by atoms with Crippen LogP contribution in [-0.2, 0) is 10.0 Å². The Morgan fingerprint density at radius 1 is 1.08 bits per heavy atom. The molecule has 0 fully saturated rings. The van der Waals surface area contributed by atoms with E-state index in [1.807, 2.05) is 32.0 Å². The molecule has 2 rings (SSSR count). The molecule has 0 radical (unpaired) electrons. The van der Waals surface area contributed by atoms with E-state index in [1.54, 1.807) is 6.92 Å². The monoisotopic (exact) mass is 355 g/mol. The van der Waals surface area contributed by atoms with E-state index in [4.69, 9.17) is 0 Å². The van der Waals surface area contributed by atoms with Crippen LogP contribution in [-0.4, -0.2) is 15.0 Å². The molecule has 0 aromatic heterocycles. The number of halogens is 2. The molecule has 1 atom stereocenters. The van der Waals surface area contributed by atoms with Gasteiger partial charge in [0.25, 0.3) is 0 Å². The van der Waals surface area contributed by atoms with Gasteiger partial charge in [-0.25, -0.2) is 13.1 Å². The number of hydrogen-bond acceptors (Lipinski definition) is 3. The normalized spacial score (nSPS) is 13.1. The molecule has 0 saturated heterocycles. The number of sulfonamides is 1. The number of aryl methyl sites for hydroxylation is 2. The minimum atomic E-state index is -4.02. The molecule has 1 N–H and O–H groups in total. The van der Waals surface area contributed by atoms with Crippen molar-refractivity contribution < 1.29 is 21.9 Å². The van der Waals surface area contributed by atoms with Crippen LogP contribution in [0.1, 0.15) is 29.7 Å². The molecular formula is C17H19F2NO3S. The van der Waals surface area contributed by atoms with E-state index in [0.29, 0.717) is 0 Å². The van der Waals surface area contributed by atoms with Gasteiger partial charge in [0.15, 0.2) is 0 Å². The Morgan fingerprint density at radius 3 is 2.42 bits per heavy atom. The SMILES string of the molecule is Cc1ccc(C)c(C(C)NS(=O)(=O)c2ccccc2OC(F)F)c1. The Hall–Kier alpha value is -1.99. The summed E-state index contributed by atoms with van der Waals surface area (Å²) in [5.41, 5.74) is 2.77. The highest BCUT2D eigenvalue weighted by Crippen LogP contribution is 2.27. The molecule has 2 aromatic carbocycles. The maximum Gasteiger partial charge on any atom is 0.387 e. The maximum atomic E-state index is 12.6. The fourth-order valence-corrected chi connectivity index (χ4v) is 3.81. The van der Waals surface area contributed by atoms with Crippen molar-refractivity contribution in [3.8, 4) is 5.75 Å². The minimum absolute atomic E-state index is 0.317. The van der Waals surface area contributed by atoms with Gasteiger partial charge < -0.3 is 4.74 Å². The molecule has 0 spiro atoms. The Kier molecular flexibility index (Phi) is 5.56. The van der Waals surface area contributed by atoms with Gasteiger partial charge in [0.2, 0.25) is 10.0 Å². The van der Waals surface area contributed by atoms with Gasteiger partial charge in [0, 0.05) is 6.04 Å². The molecule has 0 aliphatic heterocycles. The molecule has 0 bridgehead atoms. The van der Waals surface area contributed by atoms with Crippen molar-refractivity contribution in [3.63, 3.8) is 0 Å². The van der Waals surface area contributed by atoms with Crippen molar-refractivity contribution in [3.05, 3.63) is 59.2 Å². The summed E-state index contributed by atoms with van der Waals surface area (Å²) in [4.78, 5) is -0.317. The summed E-state index contributed by atoms with van der Waals surface area (Å²) in [5, 5.41) is 0. The average molecular weight is 355 g/mol. The predicted molar refractivity (Wildman–Crippen MR) is 87.7 cm³/mol. The quantitative estimate of drug-likeness (QED) is 0.854. The topological polar surface area (TPSA) is 55.4 Å². The predicted octanol–water partition coefficient (Wildman–Crippen LogP) is 3.94. The first-order valence-corrected chi connectivity index (χ1v) is 8.82. The van der Waals surface area contributed by atoms with Crippen molar-refractivity contribution in [2.45, 2.75) is 38.3 Å². The third-order valence-electron chi connectivity index (χ3n) is 3.59. The molecule has 24 heavy (non-hydrogen) atoms. The molecular weight excluding hydrogens is 336 g/mol. The summed E-state index contributed by atoms with van der Waals surface area (Å²) in [5.74, 6) is -0.381. The van der Waals surface area contributed by atoms with Gasteiger partial charge in [-0.1, -0.05) is 35.9 Å². The molecule has 0 aliphatic rings. The highest BCUT2D eigenvalue weighted by molar-refractivity contribution is 7.89. The highest BCUT2D eigenvalue weighted by atomic mass is 32.2. The number of alkyl halides is 2. The third kappa shape index (κ3) is 4.30. The average Bonchev–Trinajstić information content (AvgIpc) is 2.49. The Bertz CT molecular complexity index is 822. The van der Waals surface area contributed by atoms with Crippen LogP contribution < -0.4 is 9.46 Å². The Labute approximate surface area is 140 Å². The van der Waals surface area contributed by atoms with Crippen molar-refractivity contribution >= 4 is 10.0 Å². The molecule has 0 amide bonds. The lowest BCUT2D eigenvalue weighted by Crippen LogP contribution is -2.28. The van der Waals surface area contributed by atoms with Crippen LogP contribution in [0.4, 0.5) is 8.78 Å². The second-order valence-corrected chi connectivity index (χ2v) is 7.21. The summed E-state index contributed by atoms with van der Waals surface area (Å²) in [6.45, 7) is 2.40. The van der Waals surface area contributed by atoms with E-state index in [9.17, 15) is 17.2 Å². The van der Waals surface area contributed by atoms with Crippen molar-refractivity contribution in [2.75, 3.05) is 0 Å². The van der Waals surface area contributed by atoms with Gasteiger partial charge in [0.05, 0.1) is 0 Å². The molecule has 0 heterocycles. The lowest BCUT2D eigenvalue weighted by molar-refractivity contribution is -0.0517. The van der Waals surface area contributed by atoms with Gasteiger partial charge in [-0.3, -0.25) is 0 Å². The van der Waals surface area contributed by atoms with Crippen LogP contribution >= 0.6 is 0 Å². The van der Waals surface area contributed by atoms with Crippen molar-refractivity contribution in [2.24, 2.45) is 0 Å². The van der Waals surface area contributed by atoms with Gasteiger partial charge in [-0.2, -0.15) is 8.78 Å². The van der Waals surface area contributed by atoms with E-state index in [1.165, 1.54) is 24.3 Å². The highest BCUT2D eigenvalue weighted by Gasteiger charge is 2.24. The van der Waals surface area contributed by atoms with E-state index in [-0.39, 0.29) is 10.6 Å². The number of benzene rings is 2. The van der Waals surface area contributed by atoms with Crippen LogP contribution in [0.25, 0.3) is 0 Å². The third-order valence-corrected chi connectivity index (χ3v) is 5.17. The molecule has 1 unspecified atom stereocenters. The van der Waals surface area contributed by atoms with E-state index in [0.717, 1.165) is 16.7 Å². The molecule has 7 heteroatoms. The van der Waals surface area contributed by atoms with Crippen LogP contribution in [0, 0.1) is 13.8 Å². The number of rotatable bonds is 6. The summed E-state index contributed by atoms with van der Waals surface area (Å²) in [6, 6.07) is 10.5. The van der Waals surface area contributed by atoms with Crippen LogP contribution in [0.15, 0.2) is 47.4 Å². The zero-order chi connectivity index (χ0) is 17.9. The number of para-hydroxylation sites is 1. The van der Waals surface area contributed by atoms with Gasteiger partial charge in [-0.05, 0) is 44.0 Å². The summed E-state index contributed by atoms with van der Waals surface area (Å²) in [6.07, 6.45) is 0. The summed E-state index contributed by atoms with van der Waals surface area (Å²) < 4.78 is 56.9. The second kappa shape index (κ2) is 7.27. The van der Waals surface area contributed by atoms with E-state index >= 15 is 0 Å². The lowest BCUT2D eigenvalue weighted by Gasteiger charge is -2.18. The van der Waals surface area contributed by atoms with Crippen LogP contribution in [0.3, 0.4) is 0 Å². The van der Waals surface area contributed by atoms with E-state index in [2.05, 4.69) is 9.46 Å². The van der Waals surface area contributed by atoms with Crippen molar-refractivity contribution in [1.82, 2.24) is 4.72 Å². The second-order valence-electron chi connectivity index (χ2n) is 5.53. The molecule has 0 saturated carbocycles. The number of hydrogen-bond donors (Lipinski definition) is 1. The molecule has 0 aliphatic carbocycles. The minimum Gasteiger partial charge on any atom is -0.433 e. The van der Waals surface area contributed by atoms with Gasteiger partial charge >= 0.3 is 6.61 Å². The van der Waals surface area contributed by atoms with Crippen LogP contribution in [0.5, 0.6) is 5.75 Å². The van der Waals surface area contributed by atoms with Gasteiger partial charge in [-0.15, -0.1) is 0 Å². The molecule has 130 valence electrons. The number of ether oxygens (including phenoxy) is 1. The zero-order valence-electron chi connectivity index (χ0n) is 13.6. The first kappa shape index (κ1) is 18.4. The lowest BCUT2D eigenvalue weighted by atomic mass is 10.0. The first-order chi connectivity index (χ1) is 11.2. The van der Waals surface area contributed by atoms with Crippen molar-refractivity contribution in [1.29, 1.82) is 0 Å². The summed E-state index contributed by atoms with van der Waals surface area (Å²) >= 11 is 0. The summed E-state index contributed by atoms with van der Waals surface area (Å²) in [7, 11) is -4.02.